The lowest BCUT2D eigenvalue weighted by atomic mass is 10.2. The molecule has 2 rings (SSSR count). The van der Waals surface area contributed by atoms with Gasteiger partial charge in [-0.25, -0.2) is 0 Å². The van der Waals surface area contributed by atoms with E-state index in [4.69, 9.17) is 26.2 Å². The van der Waals surface area contributed by atoms with Gasteiger partial charge in [-0.1, -0.05) is 41.9 Å². The molecule has 0 aliphatic carbocycles. The third-order valence-electron chi connectivity index (χ3n) is 3.25. The number of halogens is 1. The standard InChI is InChI=1S/C18H22ClNO3/c1-2-22-17-10-15(12-20-8-9-21)16(19)11-18(17)23-13-14-6-4-3-5-7-14/h3-7,10-11,20-21H,2,8-9,12-13H2,1H3. The molecule has 2 aromatic carbocycles. The fraction of sp³-hybridized carbons (Fsp3) is 0.333. The van der Waals surface area contributed by atoms with Crippen LogP contribution in [0.15, 0.2) is 42.5 Å². The average molecular weight is 336 g/mol. The number of hydrogen-bond donors (Lipinski definition) is 2. The summed E-state index contributed by atoms with van der Waals surface area (Å²) in [5, 5.41) is 12.6. The fourth-order valence-corrected chi connectivity index (χ4v) is 2.35. The van der Waals surface area contributed by atoms with Crippen LogP contribution in [0.3, 0.4) is 0 Å². The van der Waals surface area contributed by atoms with Crippen molar-refractivity contribution in [2.24, 2.45) is 0 Å². The lowest BCUT2D eigenvalue weighted by Crippen LogP contribution is -2.17. The monoisotopic (exact) mass is 335 g/mol. The highest BCUT2D eigenvalue weighted by molar-refractivity contribution is 6.31. The van der Waals surface area contributed by atoms with Crippen molar-refractivity contribution in [2.75, 3.05) is 19.8 Å². The molecule has 0 spiro atoms. The van der Waals surface area contributed by atoms with Gasteiger partial charge in [-0.05, 0) is 24.1 Å². The van der Waals surface area contributed by atoms with Gasteiger partial charge < -0.3 is 19.9 Å². The van der Waals surface area contributed by atoms with E-state index in [9.17, 15) is 0 Å². The van der Waals surface area contributed by atoms with Crippen molar-refractivity contribution in [3.8, 4) is 11.5 Å². The minimum Gasteiger partial charge on any atom is -0.490 e. The molecule has 0 amide bonds. The first kappa shape index (κ1) is 17.6. The van der Waals surface area contributed by atoms with Crippen molar-refractivity contribution in [2.45, 2.75) is 20.1 Å². The molecule has 0 saturated heterocycles. The Morgan fingerprint density at radius 2 is 1.83 bits per heavy atom. The second-order valence-electron chi connectivity index (χ2n) is 5.00. The maximum atomic E-state index is 8.83. The first-order valence-electron chi connectivity index (χ1n) is 7.68. The lowest BCUT2D eigenvalue weighted by molar-refractivity contribution is 0.269. The van der Waals surface area contributed by atoms with E-state index in [2.05, 4.69) is 5.32 Å². The molecule has 2 N–H and O–H groups in total. The Kier molecular flexibility index (Phi) is 7.20. The van der Waals surface area contributed by atoms with Crippen molar-refractivity contribution in [1.82, 2.24) is 5.32 Å². The molecule has 0 aliphatic rings. The Morgan fingerprint density at radius 1 is 1.09 bits per heavy atom. The van der Waals surface area contributed by atoms with Crippen molar-refractivity contribution < 1.29 is 14.6 Å². The zero-order chi connectivity index (χ0) is 16.5. The Hall–Kier alpha value is -1.75. The van der Waals surface area contributed by atoms with Crippen molar-refractivity contribution in [1.29, 1.82) is 0 Å². The van der Waals surface area contributed by atoms with Gasteiger partial charge in [0.05, 0.1) is 13.2 Å². The van der Waals surface area contributed by atoms with Crippen molar-refractivity contribution >= 4 is 11.6 Å². The topological polar surface area (TPSA) is 50.7 Å². The molecule has 0 aliphatic heterocycles. The zero-order valence-corrected chi connectivity index (χ0v) is 14.0. The minimum absolute atomic E-state index is 0.0915. The van der Waals surface area contributed by atoms with Crippen molar-refractivity contribution in [3.05, 3.63) is 58.6 Å². The maximum Gasteiger partial charge on any atom is 0.163 e. The van der Waals surface area contributed by atoms with E-state index in [1.54, 1.807) is 6.07 Å². The van der Waals surface area contributed by atoms with Crippen LogP contribution in [0.5, 0.6) is 11.5 Å². The molecule has 0 aromatic heterocycles. The van der Waals surface area contributed by atoms with E-state index in [0.717, 1.165) is 11.1 Å². The highest BCUT2D eigenvalue weighted by Crippen LogP contribution is 2.34. The Balaban J connectivity index is 2.12. The Bertz CT molecular complexity index is 605. The van der Waals surface area contributed by atoms with Crippen LogP contribution in [-0.2, 0) is 13.2 Å². The second-order valence-corrected chi connectivity index (χ2v) is 5.41. The van der Waals surface area contributed by atoms with Crippen LogP contribution >= 0.6 is 11.6 Å². The molecule has 124 valence electrons. The lowest BCUT2D eigenvalue weighted by Gasteiger charge is -2.15. The largest absolute Gasteiger partial charge is 0.490 e. The van der Waals surface area contributed by atoms with Crippen LogP contribution < -0.4 is 14.8 Å². The summed E-state index contributed by atoms with van der Waals surface area (Å²) in [6.07, 6.45) is 0. The number of ether oxygens (including phenoxy) is 2. The fourth-order valence-electron chi connectivity index (χ4n) is 2.13. The molecule has 4 nitrogen and oxygen atoms in total. The predicted octanol–water partition coefficient (Wildman–Crippen LogP) is 3.40. The quantitative estimate of drug-likeness (QED) is 0.690. The van der Waals surface area contributed by atoms with E-state index in [1.807, 2.05) is 43.3 Å². The average Bonchev–Trinajstić information content (AvgIpc) is 2.57. The van der Waals surface area contributed by atoms with E-state index >= 15 is 0 Å². The van der Waals surface area contributed by atoms with Gasteiger partial charge >= 0.3 is 0 Å². The maximum absolute atomic E-state index is 8.83. The van der Waals surface area contributed by atoms with Gasteiger partial charge in [0.15, 0.2) is 11.5 Å². The number of nitrogens with one attached hydrogen (secondary N) is 1. The molecule has 0 atom stereocenters. The normalized spacial score (nSPS) is 10.6. The van der Waals surface area contributed by atoms with Gasteiger partial charge in [0.2, 0.25) is 0 Å². The molecular weight excluding hydrogens is 314 g/mol. The molecule has 23 heavy (non-hydrogen) atoms. The van der Waals surface area contributed by atoms with E-state index in [0.29, 0.717) is 42.8 Å². The highest BCUT2D eigenvalue weighted by atomic mass is 35.5. The van der Waals surface area contributed by atoms with Gasteiger partial charge in [-0.3, -0.25) is 0 Å². The Morgan fingerprint density at radius 3 is 2.52 bits per heavy atom. The number of hydrogen-bond acceptors (Lipinski definition) is 4. The van der Waals surface area contributed by atoms with Gasteiger partial charge in [0, 0.05) is 24.2 Å². The molecular formula is C18H22ClNO3. The summed E-state index contributed by atoms with van der Waals surface area (Å²) >= 11 is 6.32. The molecule has 0 radical (unpaired) electrons. The van der Waals surface area contributed by atoms with Crippen LogP contribution in [0.2, 0.25) is 5.02 Å². The van der Waals surface area contributed by atoms with Gasteiger partial charge in [0.1, 0.15) is 6.61 Å². The van der Waals surface area contributed by atoms with Gasteiger partial charge in [-0.15, -0.1) is 0 Å². The molecule has 5 heteroatoms. The first-order chi connectivity index (χ1) is 11.2. The molecule has 0 bridgehead atoms. The van der Waals surface area contributed by atoms with Gasteiger partial charge in [0.25, 0.3) is 0 Å². The summed E-state index contributed by atoms with van der Waals surface area (Å²) in [5.74, 6) is 1.31. The summed E-state index contributed by atoms with van der Waals surface area (Å²) < 4.78 is 11.5. The highest BCUT2D eigenvalue weighted by Gasteiger charge is 2.11. The molecule has 2 aromatic rings. The molecule has 0 saturated carbocycles. The van der Waals surface area contributed by atoms with Crippen LogP contribution in [0.25, 0.3) is 0 Å². The third kappa shape index (κ3) is 5.43. The van der Waals surface area contributed by atoms with E-state index < -0.39 is 0 Å². The van der Waals surface area contributed by atoms with Crippen LogP contribution in [0, 0.1) is 0 Å². The van der Waals surface area contributed by atoms with Crippen LogP contribution in [-0.4, -0.2) is 24.9 Å². The molecule has 0 heterocycles. The summed E-state index contributed by atoms with van der Waals surface area (Å²) in [7, 11) is 0. The van der Waals surface area contributed by atoms with Gasteiger partial charge in [-0.2, -0.15) is 0 Å². The van der Waals surface area contributed by atoms with E-state index in [1.165, 1.54) is 0 Å². The smallest absolute Gasteiger partial charge is 0.163 e. The molecule has 0 unspecified atom stereocenters. The zero-order valence-electron chi connectivity index (χ0n) is 13.2. The van der Waals surface area contributed by atoms with Crippen LogP contribution in [0.1, 0.15) is 18.1 Å². The Labute approximate surface area is 142 Å². The number of benzene rings is 2. The second kappa shape index (κ2) is 9.40. The predicted molar refractivity (Wildman–Crippen MR) is 92.2 cm³/mol. The number of aliphatic hydroxyl groups is 1. The summed E-state index contributed by atoms with van der Waals surface area (Å²) in [4.78, 5) is 0. The molecule has 0 fully saturated rings. The van der Waals surface area contributed by atoms with Crippen LogP contribution in [0.4, 0.5) is 0 Å². The van der Waals surface area contributed by atoms with E-state index in [-0.39, 0.29) is 6.61 Å². The number of rotatable bonds is 9. The summed E-state index contributed by atoms with van der Waals surface area (Å²) in [6.45, 7) is 4.12. The first-order valence-corrected chi connectivity index (χ1v) is 8.06. The minimum atomic E-state index is 0.0915. The SMILES string of the molecule is CCOc1cc(CNCCO)c(Cl)cc1OCc1ccccc1. The summed E-state index contributed by atoms with van der Waals surface area (Å²) in [5.41, 5.74) is 2.00. The third-order valence-corrected chi connectivity index (χ3v) is 3.61. The summed E-state index contributed by atoms with van der Waals surface area (Å²) in [6, 6.07) is 13.6. The van der Waals surface area contributed by atoms with Crippen molar-refractivity contribution in [3.63, 3.8) is 0 Å². The number of aliphatic hydroxyl groups excluding tert-OH is 1.